The Morgan fingerprint density at radius 2 is 2.27 bits per heavy atom. The summed E-state index contributed by atoms with van der Waals surface area (Å²) in [6.45, 7) is 1.83. The third-order valence-electron chi connectivity index (χ3n) is 2.11. The highest BCUT2D eigenvalue weighted by Crippen LogP contribution is 2.22. The number of ether oxygens (including phenoxy) is 1. The Labute approximate surface area is 87.7 Å². The molecule has 0 aliphatic heterocycles. The van der Waals surface area contributed by atoms with Gasteiger partial charge in [0.1, 0.15) is 5.75 Å². The van der Waals surface area contributed by atoms with E-state index in [-0.39, 0.29) is 11.3 Å². The number of esters is 1. The monoisotopic (exact) mass is 205 g/mol. The molecule has 0 atom stereocenters. The van der Waals surface area contributed by atoms with E-state index in [9.17, 15) is 9.90 Å². The Morgan fingerprint density at radius 1 is 1.60 bits per heavy atom. The molecule has 0 aliphatic rings. The number of hydrogen-bond acceptors (Lipinski definition) is 4. The van der Waals surface area contributed by atoms with Crippen LogP contribution in [0.15, 0.2) is 12.1 Å². The van der Waals surface area contributed by atoms with Gasteiger partial charge in [0.15, 0.2) is 0 Å². The Balaban J connectivity index is 3.43. The van der Waals surface area contributed by atoms with Crippen LogP contribution in [-0.4, -0.2) is 18.2 Å². The van der Waals surface area contributed by atoms with Gasteiger partial charge in [0, 0.05) is 0 Å². The maximum absolute atomic E-state index is 11.4. The maximum Gasteiger partial charge on any atom is 0.338 e. The molecule has 0 fully saturated rings. The molecule has 15 heavy (non-hydrogen) atoms. The van der Waals surface area contributed by atoms with Gasteiger partial charge in [0.25, 0.3) is 0 Å². The zero-order valence-electron chi connectivity index (χ0n) is 8.57. The minimum Gasteiger partial charge on any atom is -0.508 e. The van der Waals surface area contributed by atoms with E-state index >= 15 is 0 Å². The molecule has 0 radical (unpaired) electrons. The average molecular weight is 205 g/mol. The van der Waals surface area contributed by atoms with Crippen LogP contribution < -0.4 is 0 Å². The zero-order valence-corrected chi connectivity index (χ0v) is 8.57. The summed E-state index contributed by atoms with van der Waals surface area (Å²) in [6, 6.07) is 4.59. The summed E-state index contributed by atoms with van der Waals surface area (Å²) in [7, 11) is 1.26. The topological polar surface area (TPSA) is 70.3 Å². The predicted molar refractivity (Wildman–Crippen MR) is 53.5 cm³/mol. The molecule has 78 valence electrons. The van der Waals surface area contributed by atoms with Crippen molar-refractivity contribution in [1.29, 1.82) is 5.26 Å². The van der Waals surface area contributed by atoms with Gasteiger partial charge in [0.2, 0.25) is 0 Å². The highest BCUT2D eigenvalue weighted by Gasteiger charge is 2.15. The van der Waals surface area contributed by atoms with E-state index in [1.165, 1.54) is 19.2 Å². The van der Waals surface area contributed by atoms with Gasteiger partial charge in [-0.3, -0.25) is 0 Å². The second-order valence-corrected chi connectivity index (χ2v) is 2.98. The fraction of sp³-hybridized carbons (Fsp3) is 0.273. The Hall–Kier alpha value is -2.02. The number of carbonyl (C=O) groups excluding carboxylic acids is 1. The van der Waals surface area contributed by atoms with E-state index < -0.39 is 5.97 Å². The van der Waals surface area contributed by atoms with Crippen LogP contribution in [0.3, 0.4) is 0 Å². The summed E-state index contributed by atoms with van der Waals surface area (Å²) in [6.07, 6.45) is 0.535. The fourth-order valence-corrected chi connectivity index (χ4v) is 1.43. The van der Waals surface area contributed by atoms with Crippen LogP contribution in [0.5, 0.6) is 5.75 Å². The van der Waals surface area contributed by atoms with E-state index in [2.05, 4.69) is 4.74 Å². The summed E-state index contributed by atoms with van der Waals surface area (Å²) in [5.41, 5.74) is 1.15. The predicted octanol–water partition coefficient (Wildman–Crippen LogP) is 1.61. The van der Waals surface area contributed by atoms with E-state index in [1.54, 1.807) is 0 Å². The van der Waals surface area contributed by atoms with Crippen LogP contribution in [0.4, 0.5) is 0 Å². The molecule has 0 saturated carbocycles. The van der Waals surface area contributed by atoms with Gasteiger partial charge in [-0.15, -0.1) is 0 Å². The van der Waals surface area contributed by atoms with Gasteiger partial charge in [-0.25, -0.2) is 4.79 Å². The van der Waals surface area contributed by atoms with Crippen molar-refractivity contribution in [3.8, 4) is 11.8 Å². The minimum absolute atomic E-state index is 0.107. The molecular formula is C11H11NO3. The molecule has 1 N–H and O–H groups in total. The van der Waals surface area contributed by atoms with Gasteiger partial charge in [-0.05, 0) is 24.1 Å². The van der Waals surface area contributed by atoms with Crippen LogP contribution in [0.1, 0.15) is 28.4 Å². The number of hydrogen-bond donors (Lipinski definition) is 1. The third-order valence-corrected chi connectivity index (χ3v) is 2.11. The molecule has 0 bridgehead atoms. The SMILES string of the molecule is CCc1c(C#N)cc(O)cc1C(=O)OC. The summed E-state index contributed by atoms with van der Waals surface area (Å²) >= 11 is 0. The normalized spacial score (nSPS) is 9.40. The number of benzene rings is 1. The van der Waals surface area contributed by atoms with Crippen molar-refractivity contribution in [3.05, 3.63) is 28.8 Å². The molecule has 0 aliphatic carbocycles. The van der Waals surface area contributed by atoms with Crippen molar-refractivity contribution < 1.29 is 14.6 Å². The van der Waals surface area contributed by atoms with Crippen LogP contribution in [-0.2, 0) is 11.2 Å². The lowest BCUT2D eigenvalue weighted by Crippen LogP contribution is -2.06. The molecule has 1 aromatic carbocycles. The number of phenolic OH excluding ortho intramolecular Hbond substituents is 1. The quantitative estimate of drug-likeness (QED) is 0.744. The summed E-state index contributed by atoms with van der Waals surface area (Å²) in [5.74, 6) is -0.650. The van der Waals surface area contributed by atoms with Gasteiger partial charge in [-0.1, -0.05) is 6.92 Å². The standard InChI is InChI=1S/C11H11NO3/c1-3-9-7(6-12)4-8(13)5-10(9)11(14)15-2/h4-5,13H,3H2,1-2H3. The number of carbonyl (C=O) groups is 1. The lowest BCUT2D eigenvalue weighted by molar-refractivity contribution is 0.0599. The molecule has 0 aromatic heterocycles. The summed E-state index contributed by atoms with van der Waals surface area (Å²) in [5, 5.41) is 18.2. The first-order chi connectivity index (χ1) is 7.13. The van der Waals surface area contributed by atoms with E-state index in [1.807, 2.05) is 13.0 Å². The number of nitriles is 1. The first kappa shape index (κ1) is 11.1. The van der Waals surface area contributed by atoms with Gasteiger partial charge < -0.3 is 9.84 Å². The van der Waals surface area contributed by atoms with E-state index in [0.29, 0.717) is 17.5 Å². The number of nitrogens with zero attached hydrogens (tertiary/aromatic N) is 1. The molecule has 4 heteroatoms. The number of aromatic hydroxyl groups is 1. The first-order valence-corrected chi connectivity index (χ1v) is 4.48. The average Bonchev–Trinajstić information content (AvgIpc) is 2.26. The van der Waals surface area contributed by atoms with Crippen LogP contribution >= 0.6 is 0 Å². The molecular weight excluding hydrogens is 194 g/mol. The lowest BCUT2D eigenvalue weighted by atomic mass is 9.99. The molecule has 1 aromatic rings. The first-order valence-electron chi connectivity index (χ1n) is 4.48. The highest BCUT2D eigenvalue weighted by atomic mass is 16.5. The Kier molecular flexibility index (Phi) is 3.29. The van der Waals surface area contributed by atoms with E-state index in [0.717, 1.165) is 0 Å². The number of rotatable bonds is 2. The second kappa shape index (κ2) is 4.47. The van der Waals surface area contributed by atoms with Gasteiger partial charge >= 0.3 is 5.97 Å². The van der Waals surface area contributed by atoms with Crippen molar-refractivity contribution in [2.75, 3.05) is 7.11 Å². The van der Waals surface area contributed by atoms with Gasteiger partial charge in [-0.2, -0.15) is 5.26 Å². The van der Waals surface area contributed by atoms with Crippen LogP contribution in [0, 0.1) is 11.3 Å². The molecule has 0 spiro atoms. The van der Waals surface area contributed by atoms with Crippen molar-refractivity contribution >= 4 is 5.97 Å². The third kappa shape index (κ3) is 2.08. The van der Waals surface area contributed by atoms with Crippen LogP contribution in [0.25, 0.3) is 0 Å². The van der Waals surface area contributed by atoms with Crippen molar-refractivity contribution in [3.63, 3.8) is 0 Å². The van der Waals surface area contributed by atoms with Crippen LogP contribution in [0.2, 0.25) is 0 Å². The van der Waals surface area contributed by atoms with E-state index in [4.69, 9.17) is 5.26 Å². The molecule has 0 unspecified atom stereocenters. The lowest BCUT2D eigenvalue weighted by Gasteiger charge is -2.08. The summed E-state index contributed by atoms with van der Waals surface area (Å²) < 4.78 is 4.57. The largest absolute Gasteiger partial charge is 0.508 e. The number of methoxy groups -OCH3 is 1. The van der Waals surface area contributed by atoms with Crippen molar-refractivity contribution in [1.82, 2.24) is 0 Å². The van der Waals surface area contributed by atoms with Crippen molar-refractivity contribution in [2.24, 2.45) is 0 Å². The smallest absolute Gasteiger partial charge is 0.338 e. The van der Waals surface area contributed by atoms with Gasteiger partial charge in [0.05, 0.1) is 24.3 Å². The molecule has 0 saturated heterocycles. The maximum atomic E-state index is 11.4. The molecule has 0 heterocycles. The fourth-order valence-electron chi connectivity index (χ4n) is 1.43. The zero-order chi connectivity index (χ0) is 11.4. The number of phenols is 1. The Morgan fingerprint density at radius 3 is 2.73 bits per heavy atom. The second-order valence-electron chi connectivity index (χ2n) is 2.98. The minimum atomic E-state index is -0.542. The Bertz CT molecular complexity index is 432. The van der Waals surface area contributed by atoms with Crippen molar-refractivity contribution in [2.45, 2.75) is 13.3 Å². The molecule has 4 nitrogen and oxygen atoms in total. The highest BCUT2D eigenvalue weighted by molar-refractivity contribution is 5.92. The molecule has 0 amide bonds. The molecule has 1 rings (SSSR count). The summed E-state index contributed by atoms with van der Waals surface area (Å²) in [4.78, 5) is 11.4.